The Kier molecular flexibility index (Phi) is 3.43. The van der Waals surface area contributed by atoms with Crippen LogP contribution in [0.25, 0.3) is 0 Å². The molecule has 0 amide bonds. The van der Waals surface area contributed by atoms with Gasteiger partial charge < -0.3 is 0 Å². The average Bonchev–Trinajstić information content (AvgIpc) is 2.64. The van der Waals surface area contributed by atoms with E-state index in [2.05, 4.69) is 32.6 Å². The number of hydrogen-bond acceptors (Lipinski definition) is 3. The molecular weight excluding hydrogens is 140 g/mol. The van der Waals surface area contributed by atoms with Gasteiger partial charge in [-0.2, -0.15) is 5.10 Å². The molecule has 0 aliphatic rings. The molecule has 4 nitrogen and oxygen atoms in total. The van der Waals surface area contributed by atoms with Gasteiger partial charge in [-0.25, -0.2) is 9.97 Å². The van der Waals surface area contributed by atoms with E-state index in [1.807, 2.05) is 0 Å². The van der Waals surface area contributed by atoms with E-state index in [1.54, 1.807) is 24.5 Å². The maximum Gasteiger partial charge on any atom is 0.116 e. The zero-order chi connectivity index (χ0) is 7.78. The van der Waals surface area contributed by atoms with E-state index in [0.29, 0.717) is 0 Å². The van der Waals surface area contributed by atoms with Crippen molar-refractivity contribution in [2.45, 2.75) is 0 Å². The van der Waals surface area contributed by atoms with Gasteiger partial charge in [0.2, 0.25) is 0 Å². The highest BCUT2D eigenvalue weighted by atomic mass is 15.1. The number of nitrogens with one attached hydrogen (secondary N) is 1. The molecular formula is C7H6N4. The standard InChI is InChI=1S/C4H3N2.C3H3N2/c1-2-5-4-6-3-1;1-2-4-5-3-1/h1-2,4H;1-2H,(H,4,5). The predicted molar refractivity (Wildman–Crippen MR) is 38.3 cm³/mol. The molecule has 2 heterocycles. The maximum absolute atomic E-state index is 3.64. The van der Waals surface area contributed by atoms with E-state index >= 15 is 0 Å². The van der Waals surface area contributed by atoms with Gasteiger partial charge in [0.15, 0.2) is 0 Å². The van der Waals surface area contributed by atoms with Gasteiger partial charge in [-0.1, -0.05) is 0 Å². The Morgan fingerprint density at radius 2 is 2.18 bits per heavy atom. The summed E-state index contributed by atoms with van der Waals surface area (Å²) in [7, 11) is 0. The summed E-state index contributed by atoms with van der Waals surface area (Å²) in [6, 6.07) is 3.36. The lowest BCUT2D eigenvalue weighted by Gasteiger charge is -1.68. The molecule has 0 fully saturated rings. The molecule has 2 aromatic heterocycles. The quantitative estimate of drug-likeness (QED) is 0.588. The lowest BCUT2D eigenvalue weighted by molar-refractivity contribution is 1.08. The van der Waals surface area contributed by atoms with Crippen LogP contribution in [0.2, 0.25) is 0 Å². The average molecular weight is 146 g/mol. The fourth-order valence-electron chi connectivity index (χ4n) is 0.411. The fourth-order valence-corrected chi connectivity index (χ4v) is 0.411. The first kappa shape index (κ1) is 7.40. The summed E-state index contributed by atoms with van der Waals surface area (Å²) in [5.74, 6) is 0. The number of aromatic nitrogens is 4. The van der Waals surface area contributed by atoms with Gasteiger partial charge in [0.25, 0.3) is 0 Å². The van der Waals surface area contributed by atoms with Crippen molar-refractivity contribution in [1.29, 1.82) is 0 Å². The van der Waals surface area contributed by atoms with Crippen LogP contribution < -0.4 is 0 Å². The highest BCUT2D eigenvalue weighted by Gasteiger charge is 1.60. The van der Waals surface area contributed by atoms with E-state index in [9.17, 15) is 0 Å². The molecule has 0 saturated carbocycles. The van der Waals surface area contributed by atoms with Crippen LogP contribution in [0, 0.1) is 12.4 Å². The lowest BCUT2D eigenvalue weighted by Crippen LogP contribution is -1.67. The van der Waals surface area contributed by atoms with Crippen molar-refractivity contribution in [2.24, 2.45) is 0 Å². The fraction of sp³-hybridized carbons (Fsp3) is 0. The van der Waals surface area contributed by atoms with Crippen LogP contribution in [-0.2, 0) is 0 Å². The van der Waals surface area contributed by atoms with Gasteiger partial charge in [-0.3, -0.25) is 5.10 Å². The van der Waals surface area contributed by atoms with E-state index in [1.165, 1.54) is 6.33 Å². The second kappa shape index (κ2) is 5.10. The first-order valence-corrected chi connectivity index (χ1v) is 2.98. The highest BCUT2D eigenvalue weighted by molar-refractivity contribution is 4.72. The Morgan fingerprint density at radius 1 is 1.18 bits per heavy atom. The molecule has 0 aromatic carbocycles. The van der Waals surface area contributed by atoms with Crippen LogP contribution >= 0.6 is 0 Å². The van der Waals surface area contributed by atoms with Gasteiger partial charge in [0.1, 0.15) is 12.5 Å². The normalized spacial score (nSPS) is 8.00. The summed E-state index contributed by atoms with van der Waals surface area (Å²) in [5.41, 5.74) is 0. The van der Waals surface area contributed by atoms with E-state index in [4.69, 9.17) is 0 Å². The summed E-state index contributed by atoms with van der Waals surface area (Å²) in [6.07, 6.45) is 9.92. The predicted octanol–water partition coefficient (Wildman–Crippen LogP) is 0.487. The van der Waals surface area contributed by atoms with Crippen LogP contribution in [-0.4, -0.2) is 20.2 Å². The lowest BCUT2D eigenvalue weighted by atomic mass is 10.7. The molecule has 0 saturated heterocycles. The largest absolute Gasteiger partial charge is 0.285 e. The van der Waals surface area contributed by atoms with Gasteiger partial charge in [0, 0.05) is 12.4 Å². The van der Waals surface area contributed by atoms with Crippen molar-refractivity contribution in [2.75, 3.05) is 0 Å². The zero-order valence-electron chi connectivity index (χ0n) is 5.73. The third-order valence-electron chi connectivity index (χ3n) is 0.796. The van der Waals surface area contributed by atoms with Gasteiger partial charge in [-0.05, 0) is 12.1 Å². The SMILES string of the molecule is [c]1cc[nH]n1.[c]1ccncn1. The number of nitrogens with zero attached hydrogens (tertiary/aromatic N) is 3. The van der Waals surface area contributed by atoms with Crippen LogP contribution in [0.15, 0.2) is 30.9 Å². The smallest absolute Gasteiger partial charge is 0.116 e. The molecule has 0 bridgehead atoms. The summed E-state index contributed by atoms with van der Waals surface area (Å²) in [4.78, 5) is 7.19. The Bertz CT molecular complexity index is 196. The summed E-state index contributed by atoms with van der Waals surface area (Å²) in [6.45, 7) is 0. The van der Waals surface area contributed by atoms with Crippen LogP contribution in [0.4, 0.5) is 0 Å². The van der Waals surface area contributed by atoms with E-state index in [0.717, 1.165) is 0 Å². The molecule has 0 aliphatic heterocycles. The molecule has 0 unspecified atom stereocenters. The van der Waals surface area contributed by atoms with E-state index in [-0.39, 0.29) is 0 Å². The molecule has 1 N–H and O–H groups in total. The molecule has 2 rings (SSSR count). The first-order valence-electron chi connectivity index (χ1n) is 2.98. The molecule has 11 heavy (non-hydrogen) atoms. The minimum Gasteiger partial charge on any atom is -0.285 e. The first-order chi connectivity index (χ1) is 5.50. The Hall–Kier alpha value is -1.71. The molecule has 4 heteroatoms. The summed E-state index contributed by atoms with van der Waals surface area (Å²) >= 11 is 0. The van der Waals surface area contributed by atoms with E-state index < -0.39 is 0 Å². The molecule has 0 spiro atoms. The Morgan fingerprint density at radius 3 is 2.36 bits per heavy atom. The number of rotatable bonds is 0. The zero-order valence-corrected chi connectivity index (χ0v) is 5.73. The van der Waals surface area contributed by atoms with Crippen molar-refractivity contribution in [1.82, 2.24) is 20.2 Å². The molecule has 0 atom stereocenters. The molecule has 0 aliphatic carbocycles. The Balaban J connectivity index is 0.000000112. The van der Waals surface area contributed by atoms with Crippen molar-refractivity contribution < 1.29 is 0 Å². The highest BCUT2D eigenvalue weighted by Crippen LogP contribution is 1.65. The second-order valence-corrected chi connectivity index (χ2v) is 1.54. The van der Waals surface area contributed by atoms with Gasteiger partial charge in [0.05, 0.1) is 6.20 Å². The van der Waals surface area contributed by atoms with Gasteiger partial charge >= 0.3 is 0 Å². The minimum absolute atomic E-state index is 1.44. The monoisotopic (exact) mass is 146 g/mol. The summed E-state index contributed by atoms with van der Waals surface area (Å²) < 4.78 is 0. The van der Waals surface area contributed by atoms with Crippen molar-refractivity contribution in [3.05, 3.63) is 43.2 Å². The number of aromatic amines is 1. The summed E-state index contributed by atoms with van der Waals surface area (Å²) in [5, 5.41) is 6.03. The third-order valence-corrected chi connectivity index (χ3v) is 0.796. The van der Waals surface area contributed by atoms with Crippen molar-refractivity contribution >= 4 is 0 Å². The van der Waals surface area contributed by atoms with Gasteiger partial charge in [-0.15, -0.1) is 0 Å². The Labute approximate surface area is 64.3 Å². The molecule has 54 valence electrons. The van der Waals surface area contributed by atoms with Crippen LogP contribution in [0.3, 0.4) is 0 Å². The molecule has 2 radical (unpaired) electrons. The third kappa shape index (κ3) is 3.80. The maximum atomic E-state index is 3.64. The van der Waals surface area contributed by atoms with Crippen molar-refractivity contribution in [3.63, 3.8) is 0 Å². The van der Waals surface area contributed by atoms with Crippen molar-refractivity contribution in [3.8, 4) is 0 Å². The second-order valence-electron chi connectivity index (χ2n) is 1.54. The molecule has 2 aromatic rings. The minimum atomic E-state index is 1.44. The number of H-pyrrole nitrogens is 1. The topological polar surface area (TPSA) is 54.5 Å². The van der Waals surface area contributed by atoms with Crippen LogP contribution in [0.5, 0.6) is 0 Å². The number of hydrogen-bond donors (Lipinski definition) is 1. The van der Waals surface area contributed by atoms with Crippen LogP contribution in [0.1, 0.15) is 0 Å².